The molecule has 1 aromatic carbocycles. The fraction of sp³-hybridized carbons (Fsp3) is 0.273. The molecule has 0 saturated heterocycles. The third-order valence-corrected chi connectivity index (χ3v) is 1.70. The Morgan fingerprint density at radius 2 is 2.12 bits per heavy atom. The number of carbonyl (C=O) groups excluding carboxylic acids is 1. The van der Waals surface area contributed by atoms with Crippen molar-refractivity contribution < 1.29 is 9.53 Å². The maximum atomic E-state index is 11.1. The summed E-state index contributed by atoms with van der Waals surface area (Å²) >= 11 is 0. The first-order chi connectivity index (χ1) is 7.63. The van der Waals surface area contributed by atoms with Gasteiger partial charge in [0.25, 0.3) is 0 Å². The lowest BCUT2D eigenvalue weighted by Crippen LogP contribution is -2.22. The molecule has 1 amide bonds. The lowest BCUT2D eigenvalue weighted by Gasteiger charge is -2.07. The zero-order chi connectivity index (χ0) is 12.0. The van der Waals surface area contributed by atoms with Gasteiger partial charge in [0.1, 0.15) is 5.69 Å². The number of nitrogens with zero attached hydrogens (tertiary/aromatic N) is 2. The highest BCUT2D eigenvalue weighted by Gasteiger charge is 2.05. The fourth-order valence-corrected chi connectivity index (χ4v) is 0.979. The summed E-state index contributed by atoms with van der Waals surface area (Å²) in [6, 6.07) is 7.09. The summed E-state index contributed by atoms with van der Waals surface area (Å²) in [5.74, 6) is 0.431. The molecule has 1 rings (SSSR count). The van der Waals surface area contributed by atoms with Crippen molar-refractivity contribution in [3.05, 3.63) is 24.3 Å². The minimum Gasteiger partial charge on any atom is -0.408 e. The lowest BCUT2D eigenvalue weighted by molar-refractivity contribution is 0.203. The Balaban J connectivity index is 2.87. The van der Waals surface area contributed by atoms with E-state index < -0.39 is 6.09 Å². The van der Waals surface area contributed by atoms with Crippen molar-refractivity contribution in [2.45, 2.75) is 0 Å². The minimum atomic E-state index is -0.507. The van der Waals surface area contributed by atoms with Crippen LogP contribution in [-0.2, 0) is 0 Å². The Bertz CT molecular complexity index is 389. The smallest absolute Gasteiger partial charge is 0.408 e. The van der Waals surface area contributed by atoms with Gasteiger partial charge in [0.2, 0.25) is 0 Å². The third-order valence-electron chi connectivity index (χ3n) is 1.70. The first-order valence-electron chi connectivity index (χ1n) is 4.82. The zero-order valence-corrected chi connectivity index (χ0v) is 9.60. The van der Waals surface area contributed by atoms with Crippen LogP contribution in [0.25, 0.3) is 0 Å². The molecule has 0 heterocycles. The topological polar surface area (TPSA) is 53.9 Å². The van der Waals surface area contributed by atoms with Crippen LogP contribution in [0.15, 0.2) is 29.3 Å². The van der Waals surface area contributed by atoms with Crippen molar-refractivity contribution in [3.63, 3.8) is 0 Å². The van der Waals surface area contributed by atoms with E-state index in [4.69, 9.17) is 4.74 Å². The van der Waals surface area contributed by atoms with E-state index in [1.165, 1.54) is 7.05 Å². The quantitative estimate of drug-likeness (QED) is 0.623. The number of benzene rings is 1. The highest BCUT2D eigenvalue weighted by Crippen LogP contribution is 2.26. The molecule has 0 saturated carbocycles. The van der Waals surface area contributed by atoms with Gasteiger partial charge in [0.05, 0.1) is 6.34 Å². The second-order valence-electron chi connectivity index (χ2n) is 3.32. The van der Waals surface area contributed by atoms with Crippen molar-refractivity contribution in [2.75, 3.05) is 21.1 Å². The molecule has 0 aliphatic heterocycles. The van der Waals surface area contributed by atoms with E-state index in [1.54, 1.807) is 29.4 Å². The molecule has 1 N–H and O–H groups in total. The van der Waals surface area contributed by atoms with Crippen molar-refractivity contribution >= 4 is 18.1 Å². The molecule has 0 atom stereocenters. The Hall–Kier alpha value is -2.04. The molecule has 0 bridgehead atoms. The molecule has 5 heteroatoms. The van der Waals surface area contributed by atoms with E-state index in [-0.39, 0.29) is 0 Å². The van der Waals surface area contributed by atoms with Gasteiger partial charge >= 0.3 is 6.09 Å². The number of aliphatic imine (C=N–C) groups is 1. The zero-order valence-electron chi connectivity index (χ0n) is 9.60. The van der Waals surface area contributed by atoms with Gasteiger partial charge in [-0.2, -0.15) is 0 Å². The molecule has 0 aliphatic rings. The molecule has 0 fully saturated rings. The maximum Gasteiger partial charge on any atom is 0.412 e. The standard InChI is InChI=1S/C11H15N3O2/c1-12-11(15)16-10-7-5-4-6-9(10)13-8-14(2)3/h4-8H,1-3H3,(H,12,15). The summed E-state index contributed by atoms with van der Waals surface area (Å²) in [4.78, 5) is 17.1. The molecule has 0 aromatic heterocycles. The maximum absolute atomic E-state index is 11.1. The van der Waals surface area contributed by atoms with Gasteiger partial charge in [-0.05, 0) is 12.1 Å². The van der Waals surface area contributed by atoms with E-state index in [0.717, 1.165) is 0 Å². The minimum absolute atomic E-state index is 0.431. The molecule has 0 unspecified atom stereocenters. The normalized spacial score (nSPS) is 10.2. The number of ether oxygens (including phenoxy) is 1. The van der Waals surface area contributed by atoms with Gasteiger partial charge in [0.15, 0.2) is 5.75 Å². The van der Waals surface area contributed by atoms with Crippen LogP contribution in [0.5, 0.6) is 5.75 Å². The molecule has 0 radical (unpaired) electrons. The fourth-order valence-electron chi connectivity index (χ4n) is 0.979. The number of amides is 1. The highest BCUT2D eigenvalue weighted by atomic mass is 16.6. The van der Waals surface area contributed by atoms with Gasteiger partial charge in [-0.15, -0.1) is 0 Å². The molecule has 1 aromatic rings. The van der Waals surface area contributed by atoms with E-state index in [2.05, 4.69) is 10.3 Å². The lowest BCUT2D eigenvalue weighted by atomic mass is 10.3. The Kier molecular flexibility index (Phi) is 4.32. The first-order valence-corrected chi connectivity index (χ1v) is 4.82. The first kappa shape index (κ1) is 12.0. The molecule has 86 valence electrons. The number of rotatable bonds is 3. The summed E-state index contributed by atoms with van der Waals surface area (Å²) in [5, 5.41) is 2.38. The average molecular weight is 221 g/mol. The second-order valence-corrected chi connectivity index (χ2v) is 3.32. The average Bonchev–Trinajstić information content (AvgIpc) is 2.27. The molecule has 0 aliphatic carbocycles. The number of nitrogens with one attached hydrogen (secondary N) is 1. The largest absolute Gasteiger partial charge is 0.412 e. The number of carbonyl (C=O) groups is 1. The molecule has 16 heavy (non-hydrogen) atoms. The molecule has 0 spiro atoms. The second kappa shape index (κ2) is 5.75. The van der Waals surface area contributed by atoms with Crippen LogP contribution in [0, 0.1) is 0 Å². The predicted molar refractivity (Wildman–Crippen MR) is 63.4 cm³/mol. The number of hydrogen-bond donors (Lipinski definition) is 1. The van der Waals surface area contributed by atoms with E-state index in [1.807, 2.05) is 20.2 Å². The number of para-hydroxylation sites is 2. The monoisotopic (exact) mass is 221 g/mol. The Labute approximate surface area is 94.7 Å². The van der Waals surface area contributed by atoms with Crippen LogP contribution < -0.4 is 10.1 Å². The summed E-state index contributed by atoms with van der Waals surface area (Å²) < 4.78 is 5.04. The van der Waals surface area contributed by atoms with E-state index >= 15 is 0 Å². The SMILES string of the molecule is CNC(=O)Oc1ccccc1N=CN(C)C. The summed E-state index contributed by atoms with van der Waals surface area (Å²) in [5.41, 5.74) is 0.611. The molecular weight excluding hydrogens is 206 g/mol. The summed E-state index contributed by atoms with van der Waals surface area (Å²) in [7, 11) is 5.24. The van der Waals surface area contributed by atoms with Crippen LogP contribution in [-0.4, -0.2) is 38.5 Å². The highest BCUT2D eigenvalue weighted by molar-refractivity contribution is 5.73. The number of hydrogen-bond acceptors (Lipinski definition) is 3. The van der Waals surface area contributed by atoms with Gasteiger partial charge in [-0.25, -0.2) is 9.79 Å². The van der Waals surface area contributed by atoms with Gasteiger partial charge < -0.3 is 15.0 Å². The Morgan fingerprint density at radius 1 is 1.44 bits per heavy atom. The molecular formula is C11H15N3O2. The van der Waals surface area contributed by atoms with E-state index in [0.29, 0.717) is 11.4 Å². The summed E-state index contributed by atoms with van der Waals surface area (Å²) in [6.07, 6.45) is 1.14. The molecule has 5 nitrogen and oxygen atoms in total. The van der Waals surface area contributed by atoms with Crippen molar-refractivity contribution in [1.29, 1.82) is 0 Å². The van der Waals surface area contributed by atoms with Crippen LogP contribution in [0.1, 0.15) is 0 Å². The summed E-state index contributed by atoms with van der Waals surface area (Å²) in [6.45, 7) is 0. The van der Waals surface area contributed by atoms with E-state index in [9.17, 15) is 4.79 Å². The Morgan fingerprint density at radius 3 is 2.75 bits per heavy atom. The van der Waals surface area contributed by atoms with Crippen LogP contribution in [0.2, 0.25) is 0 Å². The van der Waals surface area contributed by atoms with Crippen molar-refractivity contribution in [2.24, 2.45) is 4.99 Å². The predicted octanol–water partition coefficient (Wildman–Crippen LogP) is 1.63. The van der Waals surface area contributed by atoms with Crippen LogP contribution in [0.4, 0.5) is 10.5 Å². The van der Waals surface area contributed by atoms with Gasteiger partial charge in [0, 0.05) is 21.1 Å². The van der Waals surface area contributed by atoms with Crippen molar-refractivity contribution in [3.8, 4) is 5.75 Å². The van der Waals surface area contributed by atoms with Crippen LogP contribution in [0.3, 0.4) is 0 Å². The van der Waals surface area contributed by atoms with Gasteiger partial charge in [-0.3, -0.25) is 0 Å². The van der Waals surface area contributed by atoms with Gasteiger partial charge in [-0.1, -0.05) is 12.1 Å². The third kappa shape index (κ3) is 3.61. The van der Waals surface area contributed by atoms with Crippen LogP contribution >= 0.6 is 0 Å². The van der Waals surface area contributed by atoms with Crippen molar-refractivity contribution in [1.82, 2.24) is 10.2 Å².